The second-order valence-electron chi connectivity index (χ2n) is 8.06. The predicted molar refractivity (Wildman–Crippen MR) is 123 cm³/mol. The van der Waals surface area contributed by atoms with Gasteiger partial charge in [0.25, 0.3) is 0 Å². The molecule has 0 saturated heterocycles. The summed E-state index contributed by atoms with van der Waals surface area (Å²) in [5.41, 5.74) is 2.83. The van der Waals surface area contributed by atoms with Crippen LogP contribution < -0.4 is 9.47 Å². The van der Waals surface area contributed by atoms with E-state index in [4.69, 9.17) is 9.47 Å². The quantitative estimate of drug-likeness (QED) is 0.438. The Labute approximate surface area is 178 Å². The highest BCUT2D eigenvalue weighted by Gasteiger charge is 2.40. The highest BCUT2D eigenvalue weighted by atomic mass is 16.5. The van der Waals surface area contributed by atoms with E-state index in [-0.39, 0.29) is 0 Å². The van der Waals surface area contributed by atoms with Gasteiger partial charge in [-0.25, -0.2) is 0 Å². The first kappa shape index (κ1) is 23.3. The third-order valence-corrected chi connectivity index (χ3v) is 6.02. The summed E-state index contributed by atoms with van der Waals surface area (Å²) in [5, 5.41) is 0. The lowest BCUT2D eigenvalue weighted by molar-refractivity contribution is -0.920. The molecule has 0 unspecified atom stereocenters. The van der Waals surface area contributed by atoms with Gasteiger partial charge in [0.2, 0.25) is 0 Å². The molecule has 0 spiro atoms. The van der Waals surface area contributed by atoms with Gasteiger partial charge in [0, 0.05) is 25.7 Å². The Kier molecular flexibility index (Phi) is 9.53. The maximum atomic E-state index is 5.25. The summed E-state index contributed by atoms with van der Waals surface area (Å²) in [6.45, 7) is 6.55. The fourth-order valence-corrected chi connectivity index (χ4v) is 4.05. The molecule has 0 radical (unpaired) electrons. The van der Waals surface area contributed by atoms with E-state index < -0.39 is 0 Å². The summed E-state index contributed by atoms with van der Waals surface area (Å²) >= 11 is 0. The number of hydrogen-bond donors (Lipinski definition) is 0. The highest BCUT2D eigenvalue weighted by Crippen LogP contribution is 2.33. The molecule has 0 aromatic heterocycles. The van der Waals surface area contributed by atoms with E-state index in [9.17, 15) is 0 Å². The largest absolute Gasteiger partial charge is 0.497 e. The Morgan fingerprint density at radius 1 is 0.724 bits per heavy atom. The van der Waals surface area contributed by atoms with Gasteiger partial charge in [-0.05, 0) is 48.2 Å². The van der Waals surface area contributed by atoms with Crippen LogP contribution in [0.2, 0.25) is 0 Å². The van der Waals surface area contributed by atoms with Crippen molar-refractivity contribution >= 4 is 0 Å². The summed E-state index contributed by atoms with van der Waals surface area (Å²) in [6.07, 6.45) is 7.62. The number of quaternary nitrogens is 1. The van der Waals surface area contributed by atoms with Crippen molar-refractivity contribution in [2.24, 2.45) is 0 Å². The van der Waals surface area contributed by atoms with Crippen LogP contribution in [0.3, 0.4) is 0 Å². The van der Waals surface area contributed by atoms with Gasteiger partial charge in [-0.2, -0.15) is 0 Å². The fraction of sp³-hybridized carbons (Fsp3) is 0.538. The average Bonchev–Trinajstić information content (AvgIpc) is 3.62. The maximum absolute atomic E-state index is 5.25. The van der Waals surface area contributed by atoms with E-state index >= 15 is 0 Å². The van der Waals surface area contributed by atoms with Gasteiger partial charge in [-0.3, -0.25) is 0 Å². The number of ether oxygens (including phenoxy) is 2. The van der Waals surface area contributed by atoms with Gasteiger partial charge in [0.1, 0.15) is 11.5 Å². The van der Waals surface area contributed by atoms with Crippen molar-refractivity contribution in [3.05, 3.63) is 59.7 Å². The maximum Gasteiger partial charge on any atom is 0.118 e. The first-order chi connectivity index (χ1) is 14.1. The van der Waals surface area contributed by atoms with Crippen LogP contribution in [0.15, 0.2) is 48.5 Å². The summed E-state index contributed by atoms with van der Waals surface area (Å²) in [6, 6.07) is 18.0. The van der Waals surface area contributed by atoms with Gasteiger partial charge in [-0.1, -0.05) is 38.1 Å². The van der Waals surface area contributed by atoms with Crippen LogP contribution in [-0.4, -0.2) is 44.9 Å². The molecule has 160 valence electrons. The fourth-order valence-electron chi connectivity index (χ4n) is 4.05. The van der Waals surface area contributed by atoms with Crippen LogP contribution in [0.1, 0.15) is 50.7 Å². The monoisotopic (exact) mass is 398 g/mol. The molecule has 0 N–H and O–H groups in total. The molecule has 0 aliphatic heterocycles. The summed E-state index contributed by atoms with van der Waals surface area (Å²) < 4.78 is 11.7. The summed E-state index contributed by atoms with van der Waals surface area (Å²) in [7, 11) is 5.92. The third kappa shape index (κ3) is 7.40. The van der Waals surface area contributed by atoms with Crippen LogP contribution in [0, 0.1) is 0 Å². The number of rotatable bonds is 11. The second kappa shape index (κ2) is 11.9. The van der Waals surface area contributed by atoms with E-state index in [1.807, 2.05) is 13.8 Å². The van der Waals surface area contributed by atoms with E-state index in [0.29, 0.717) is 0 Å². The lowest BCUT2D eigenvalue weighted by Crippen LogP contribution is -2.47. The zero-order chi connectivity index (χ0) is 21.1. The van der Waals surface area contributed by atoms with Crippen LogP contribution in [0.4, 0.5) is 0 Å². The smallest absolute Gasteiger partial charge is 0.118 e. The minimum absolute atomic E-state index is 0.886. The van der Waals surface area contributed by atoms with Gasteiger partial charge in [0.15, 0.2) is 0 Å². The molecule has 2 aromatic rings. The third-order valence-electron chi connectivity index (χ3n) is 6.02. The Balaban J connectivity index is 0.00000145. The van der Waals surface area contributed by atoms with Crippen molar-refractivity contribution in [3.8, 4) is 11.5 Å². The normalized spacial score (nSPS) is 13.4. The molecule has 3 rings (SSSR count). The van der Waals surface area contributed by atoms with Crippen molar-refractivity contribution in [1.82, 2.24) is 0 Å². The van der Waals surface area contributed by atoms with Crippen molar-refractivity contribution in [3.63, 3.8) is 0 Å². The van der Waals surface area contributed by atoms with Gasteiger partial charge < -0.3 is 14.0 Å². The molecule has 29 heavy (non-hydrogen) atoms. The molecule has 0 heterocycles. The second-order valence-corrected chi connectivity index (χ2v) is 8.06. The van der Waals surface area contributed by atoms with E-state index in [2.05, 4.69) is 55.6 Å². The van der Waals surface area contributed by atoms with E-state index in [0.717, 1.165) is 30.4 Å². The Hall–Kier alpha value is -2.00. The average molecular weight is 399 g/mol. The SMILES string of the molecule is CC.COc1ccc(CCC[N+](C)(CCCc2ccc(OC)cc2)C2CC2)cc1. The molecule has 1 saturated carbocycles. The first-order valence-electron chi connectivity index (χ1n) is 11.2. The first-order valence-corrected chi connectivity index (χ1v) is 11.2. The van der Waals surface area contributed by atoms with Gasteiger partial charge in [0.05, 0.1) is 40.4 Å². The lowest BCUT2D eigenvalue weighted by atomic mass is 10.1. The van der Waals surface area contributed by atoms with Crippen molar-refractivity contribution in [2.45, 2.75) is 58.4 Å². The lowest BCUT2D eigenvalue weighted by Gasteiger charge is -2.35. The summed E-state index contributed by atoms with van der Waals surface area (Å²) in [4.78, 5) is 0. The van der Waals surface area contributed by atoms with E-state index in [1.54, 1.807) is 14.2 Å². The van der Waals surface area contributed by atoms with Crippen molar-refractivity contribution in [1.29, 1.82) is 0 Å². The standard InChI is InChI=1S/C24H34NO2.C2H6/c1-25(22-12-13-22,18-4-6-20-8-14-23(26-2)15-9-20)19-5-7-21-10-16-24(27-3)17-11-21;1-2/h8-11,14-17,22H,4-7,12-13,18-19H2,1-3H3;1-2H3/q+1;. The summed E-state index contributed by atoms with van der Waals surface area (Å²) in [5.74, 6) is 1.88. The number of methoxy groups -OCH3 is 2. The Morgan fingerprint density at radius 3 is 1.41 bits per heavy atom. The minimum atomic E-state index is 0.886. The molecule has 1 aliphatic carbocycles. The highest BCUT2D eigenvalue weighted by molar-refractivity contribution is 5.27. The van der Waals surface area contributed by atoms with Crippen LogP contribution >= 0.6 is 0 Å². The molecule has 0 bridgehead atoms. The topological polar surface area (TPSA) is 18.5 Å². The molecule has 0 atom stereocenters. The Morgan fingerprint density at radius 2 is 1.10 bits per heavy atom. The number of benzene rings is 2. The zero-order valence-corrected chi connectivity index (χ0v) is 19.1. The van der Waals surface area contributed by atoms with E-state index in [1.165, 1.54) is 54.4 Å². The minimum Gasteiger partial charge on any atom is -0.497 e. The van der Waals surface area contributed by atoms with Crippen molar-refractivity contribution in [2.75, 3.05) is 34.4 Å². The number of aryl methyl sites for hydroxylation is 2. The molecule has 2 aromatic carbocycles. The number of nitrogens with zero attached hydrogens (tertiary/aromatic N) is 1. The zero-order valence-electron chi connectivity index (χ0n) is 19.1. The van der Waals surface area contributed by atoms with Gasteiger partial charge >= 0.3 is 0 Å². The molecule has 3 heteroatoms. The van der Waals surface area contributed by atoms with Crippen LogP contribution in [0.5, 0.6) is 11.5 Å². The molecular weight excluding hydrogens is 358 g/mol. The number of hydrogen-bond acceptors (Lipinski definition) is 2. The molecule has 1 fully saturated rings. The van der Waals surface area contributed by atoms with Crippen LogP contribution in [0.25, 0.3) is 0 Å². The molecule has 0 amide bonds. The predicted octanol–water partition coefficient (Wildman–Crippen LogP) is 5.90. The Bertz CT molecular complexity index is 636. The van der Waals surface area contributed by atoms with Crippen molar-refractivity contribution < 1.29 is 14.0 Å². The molecule has 3 nitrogen and oxygen atoms in total. The molecule has 1 aliphatic rings. The molecular formula is C26H40NO2+. The van der Waals surface area contributed by atoms with Gasteiger partial charge in [-0.15, -0.1) is 0 Å². The van der Waals surface area contributed by atoms with Crippen LogP contribution in [-0.2, 0) is 12.8 Å².